The van der Waals surface area contributed by atoms with E-state index in [-0.39, 0.29) is 10.5 Å². The summed E-state index contributed by atoms with van der Waals surface area (Å²) < 4.78 is 22.1. The van der Waals surface area contributed by atoms with Crippen LogP contribution < -0.4 is 0 Å². The summed E-state index contributed by atoms with van der Waals surface area (Å²) in [5, 5.41) is 8.55. The second-order valence-electron chi connectivity index (χ2n) is 2.31. The first-order valence-electron chi connectivity index (χ1n) is 3.16. The zero-order valence-corrected chi connectivity index (χ0v) is 7.22. The van der Waals surface area contributed by atoms with Crippen LogP contribution in [0.25, 0.3) is 0 Å². The molecule has 1 aromatic rings. The van der Waals surface area contributed by atoms with Crippen LogP contribution in [0.4, 0.5) is 0 Å². The van der Waals surface area contributed by atoms with Crippen LogP contribution in [0.3, 0.4) is 0 Å². The molecule has 3 nitrogen and oxygen atoms in total. The summed E-state index contributed by atoms with van der Waals surface area (Å²) in [5.74, 6) is 0. The molecule has 61 valence electrons. The number of sulfone groups is 1. The van der Waals surface area contributed by atoms with Crippen molar-refractivity contribution in [2.75, 3.05) is 6.26 Å². The Balaban J connectivity index is 3.47. The third-order valence-corrected chi connectivity index (χ3v) is 2.50. The van der Waals surface area contributed by atoms with Crippen LogP contribution in [0.1, 0.15) is 5.56 Å². The zero-order valence-electron chi connectivity index (χ0n) is 6.40. The first kappa shape index (κ1) is 8.75. The summed E-state index contributed by atoms with van der Waals surface area (Å²) in [6, 6.07) is 8.63. The van der Waals surface area contributed by atoms with Crippen molar-refractivity contribution in [2.45, 2.75) is 4.90 Å². The van der Waals surface area contributed by atoms with Gasteiger partial charge in [-0.1, -0.05) is 6.07 Å². The van der Waals surface area contributed by atoms with Crippen molar-refractivity contribution in [3.63, 3.8) is 0 Å². The van der Waals surface area contributed by atoms with E-state index in [1.54, 1.807) is 6.07 Å². The molecule has 0 aliphatic carbocycles. The van der Waals surface area contributed by atoms with E-state index in [2.05, 4.69) is 6.07 Å². The highest BCUT2D eigenvalue weighted by Crippen LogP contribution is 2.12. The van der Waals surface area contributed by atoms with Crippen LogP contribution >= 0.6 is 0 Å². The molecule has 1 radical (unpaired) electrons. The largest absolute Gasteiger partial charge is 0.224 e. The SMILES string of the molecule is CS(=O)(=O)c1cc[c]cc1C#N. The quantitative estimate of drug-likeness (QED) is 0.641. The molecule has 0 saturated carbocycles. The van der Waals surface area contributed by atoms with Crippen LogP contribution in [0, 0.1) is 17.4 Å². The van der Waals surface area contributed by atoms with E-state index in [1.807, 2.05) is 0 Å². The molecule has 0 spiro atoms. The van der Waals surface area contributed by atoms with Gasteiger partial charge in [-0.05, 0) is 18.2 Å². The van der Waals surface area contributed by atoms with Crippen molar-refractivity contribution in [3.8, 4) is 6.07 Å². The molecule has 0 amide bonds. The summed E-state index contributed by atoms with van der Waals surface area (Å²) in [6.45, 7) is 0. The van der Waals surface area contributed by atoms with E-state index in [4.69, 9.17) is 5.26 Å². The molecule has 0 heterocycles. The fourth-order valence-electron chi connectivity index (χ4n) is 0.827. The Morgan fingerprint density at radius 3 is 2.67 bits per heavy atom. The lowest BCUT2D eigenvalue weighted by Gasteiger charge is -1.98. The topological polar surface area (TPSA) is 57.9 Å². The van der Waals surface area contributed by atoms with Crippen LogP contribution in [0.2, 0.25) is 0 Å². The van der Waals surface area contributed by atoms with Crippen LogP contribution in [-0.4, -0.2) is 14.7 Å². The van der Waals surface area contributed by atoms with Gasteiger partial charge in [0, 0.05) is 6.26 Å². The van der Waals surface area contributed by atoms with Gasteiger partial charge in [0.15, 0.2) is 9.84 Å². The molecular formula is C8H6NO2S. The molecule has 0 fully saturated rings. The highest BCUT2D eigenvalue weighted by atomic mass is 32.2. The van der Waals surface area contributed by atoms with Crippen molar-refractivity contribution in [1.82, 2.24) is 0 Å². The smallest absolute Gasteiger partial charge is 0.176 e. The first-order chi connectivity index (χ1) is 5.55. The second-order valence-corrected chi connectivity index (χ2v) is 4.29. The number of hydrogen-bond donors (Lipinski definition) is 0. The number of hydrogen-bond acceptors (Lipinski definition) is 3. The summed E-state index contributed by atoms with van der Waals surface area (Å²) in [6.07, 6.45) is 1.07. The Kier molecular flexibility index (Phi) is 2.15. The van der Waals surface area contributed by atoms with E-state index in [0.717, 1.165) is 6.26 Å². The Morgan fingerprint density at radius 1 is 1.58 bits per heavy atom. The molecule has 0 aliphatic rings. The van der Waals surface area contributed by atoms with E-state index >= 15 is 0 Å². The third-order valence-electron chi connectivity index (χ3n) is 1.34. The summed E-state index contributed by atoms with van der Waals surface area (Å²) in [4.78, 5) is 0.0590. The predicted molar refractivity (Wildman–Crippen MR) is 43.1 cm³/mol. The maximum atomic E-state index is 11.0. The van der Waals surface area contributed by atoms with Gasteiger partial charge in [0.25, 0.3) is 0 Å². The van der Waals surface area contributed by atoms with Gasteiger partial charge in [-0.2, -0.15) is 5.26 Å². The molecule has 0 bridgehead atoms. The number of nitrogens with zero attached hydrogens (tertiary/aromatic N) is 1. The van der Waals surface area contributed by atoms with Gasteiger partial charge in [-0.15, -0.1) is 0 Å². The van der Waals surface area contributed by atoms with Crippen molar-refractivity contribution < 1.29 is 8.42 Å². The van der Waals surface area contributed by atoms with Crippen LogP contribution in [-0.2, 0) is 9.84 Å². The van der Waals surface area contributed by atoms with Crippen molar-refractivity contribution in [1.29, 1.82) is 5.26 Å². The molecule has 0 N–H and O–H groups in total. The van der Waals surface area contributed by atoms with Gasteiger partial charge in [-0.25, -0.2) is 8.42 Å². The second kappa shape index (κ2) is 2.95. The van der Waals surface area contributed by atoms with E-state index in [1.165, 1.54) is 18.2 Å². The molecule has 0 aromatic heterocycles. The average Bonchev–Trinajstić information content (AvgIpc) is 2.03. The van der Waals surface area contributed by atoms with Gasteiger partial charge >= 0.3 is 0 Å². The number of nitriles is 1. The normalized spacial score (nSPS) is 10.7. The van der Waals surface area contributed by atoms with E-state index in [9.17, 15) is 8.42 Å². The molecule has 4 heteroatoms. The van der Waals surface area contributed by atoms with Gasteiger partial charge in [0.1, 0.15) is 6.07 Å². The molecule has 1 aromatic carbocycles. The van der Waals surface area contributed by atoms with Gasteiger partial charge in [0.05, 0.1) is 10.5 Å². The number of rotatable bonds is 1. The lowest BCUT2D eigenvalue weighted by molar-refractivity contribution is 0.601. The van der Waals surface area contributed by atoms with Crippen molar-refractivity contribution in [2.24, 2.45) is 0 Å². The maximum absolute atomic E-state index is 11.0. The molecule has 0 unspecified atom stereocenters. The van der Waals surface area contributed by atoms with Crippen molar-refractivity contribution >= 4 is 9.84 Å². The lowest BCUT2D eigenvalue weighted by atomic mass is 10.2. The molecule has 12 heavy (non-hydrogen) atoms. The molecule has 0 saturated heterocycles. The monoisotopic (exact) mass is 180 g/mol. The van der Waals surface area contributed by atoms with Gasteiger partial charge in [0.2, 0.25) is 0 Å². The minimum absolute atomic E-state index is 0.0590. The molecule has 0 atom stereocenters. The first-order valence-corrected chi connectivity index (χ1v) is 5.05. The van der Waals surface area contributed by atoms with Gasteiger partial charge < -0.3 is 0 Å². The molecule has 0 aliphatic heterocycles. The summed E-state index contributed by atoms with van der Waals surface area (Å²) >= 11 is 0. The highest BCUT2D eigenvalue weighted by molar-refractivity contribution is 7.90. The Labute approximate surface area is 71.2 Å². The zero-order chi connectivity index (χ0) is 9.19. The van der Waals surface area contributed by atoms with Crippen LogP contribution in [0.15, 0.2) is 23.1 Å². The van der Waals surface area contributed by atoms with E-state index < -0.39 is 9.84 Å². The standard InChI is InChI=1S/C8H6NO2S/c1-12(10,11)8-5-3-2-4-7(8)6-9/h3-5H,1H3. The predicted octanol–water partition coefficient (Wildman–Crippen LogP) is 0.762. The lowest BCUT2D eigenvalue weighted by Crippen LogP contribution is -1.99. The van der Waals surface area contributed by atoms with Crippen molar-refractivity contribution in [3.05, 3.63) is 29.8 Å². The summed E-state index contributed by atoms with van der Waals surface area (Å²) in [5.41, 5.74) is 0.139. The minimum atomic E-state index is -3.29. The highest BCUT2D eigenvalue weighted by Gasteiger charge is 2.11. The van der Waals surface area contributed by atoms with Crippen LogP contribution in [0.5, 0.6) is 0 Å². The summed E-state index contributed by atoms with van der Waals surface area (Å²) in [7, 11) is -3.29. The number of benzene rings is 1. The Hall–Kier alpha value is -1.34. The fraction of sp³-hybridized carbons (Fsp3) is 0.125. The molecule has 1 rings (SSSR count). The van der Waals surface area contributed by atoms with E-state index in [0.29, 0.717) is 0 Å². The average molecular weight is 180 g/mol. The third kappa shape index (κ3) is 1.63. The fourth-order valence-corrected chi connectivity index (χ4v) is 1.65. The Morgan fingerprint density at radius 2 is 2.25 bits per heavy atom. The molecular weight excluding hydrogens is 174 g/mol. The Bertz CT molecular complexity index is 429. The minimum Gasteiger partial charge on any atom is -0.224 e. The van der Waals surface area contributed by atoms with Gasteiger partial charge in [-0.3, -0.25) is 0 Å². The maximum Gasteiger partial charge on any atom is 0.176 e.